The van der Waals surface area contributed by atoms with Crippen molar-refractivity contribution in [3.05, 3.63) is 0 Å². The van der Waals surface area contributed by atoms with E-state index in [1.54, 1.807) is 0 Å². The molecular formula is C75H146O6. The minimum atomic E-state index is -0.764. The van der Waals surface area contributed by atoms with E-state index in [0.29, 0.717) is 19.3 Å². The topological polar surface area (TPSA) is 78.9 Å². The van der Waals surface area contributed by atoms with E-state index in [0.717, 1.165) is 57.8 Å². The molecule has 0 aliphatic carbocycles. The molecule has 0 bridgehead atoms. The van der Waals surface area contributed by atoms with Crippen molar-refractivity contribution < 1.29 is 28.6 Å². The summed E-state index contributed by atoms with van der Waals surface area (Å²) in [6.45, 7) is 6.75. The highest BCUT2D eigenvalue weighted by Crippen LogP contribution is 2.20. The molecule has 81 heavy (non-hydrogen) atoms. The van der Waals surface area contributed by atoms with E-state index in [9.17, 15) is 14.4 Å². The molecule has 0 rings (SSSR count). The van der Waals surface area contributed by atoms with Crippen LogP contribution in [0.5, 0.6) is 0 Å². The fourth-order valence-corrected chi connectivity index (χ4v) is 12.0. The average molecular weight is 1140 g/mol. The van der Waals surface area contributed by atoms with E-state index in [-0.39, 0.29) is 31.1 Å². The maximum Gasteiger partial charge on any atom is 0.306 e. The third-order valence-corrected chi connectivity index (χ3v) is 17.6. The fraction of sp³-hybridized carbons (Fsp3) is 0.960. The van der Waals surface area contributed by atoms with Crippen LogP contribution in [0.1, 0.15) is 445 Å². The second-order valence-electron chi connectivity index (χ2n) is 25.9. The van der Waals surface area contributed by atoms with Crippen molar-refractivity contribution in [3.63, 3.8) is 0 Å². The van der Waals surface area contributed by atoms with E-state index in [2.05, 4.69) is 20.8 Å². The first-order valence-electron chi connectivity index (χ1n) is 37.5. The molecule has 0 N–H and O–H groups in total. The first-order chi connectivity index (χ1) is 40.0. The Balaban J connectivity index is 4.16. The summed E-state index contributed by atoms with van der Waals surface area (Å²) in [6, 6.07) is 0. The predicted octanol–water partition coefficient (Wildman–Crippen LogP) is 25.8. The quantitative estimate of drug-likeness (QED) is 0.0343. The van der Waals surface area contributed by atoms with Gasteiger partial charge in [-0.2, -0.15) is 0 Å². The Hall–Kier alpha value is -1.59. The second kappa shape index (κ2) is 70.9. The van der Waals surface area contributed by atoms with Crippen LogP contribution in [0.15, 0.2) is 0 Å². The highest BCUT2D eigenvalue weighted by atomic mass is 16.6. The number of rotatable bonds is 71. The third kappa shape index (κ3) is 69.1. The molecule has 0 aromatic carbocycles. The van der Waals surface area contributed by atoms with Gasteiger partial charge in [-0.1, -0.05) is 406 Å². The Morgan fingerprint density at radius 1 is 0.198 bits per heavy atom. The van der Waals surface area contributed by atoms with Gasteiger partial charge in [-0.25, -0.2) is 0 Å². The largest absolute Gasteiger partial charge is 0.462 e. The van der Waals surface area contributed by atoms with Gasteiger partial charge in [0.1, 0.15) is 13.2 Å². The van der Waals surface area contributed by atoms with Gasteiger partial charge in [0.2, 0.25) is 0 Å². The van der Waals surface area contributed by atoms with Gasteiger partial charge in [0.25, 0.3) is 0 Å². The van der Waals surface area contributed by atoms with Crippen LogP contribution in [-0.2, 0) is 28.6 Å². The van der Waals surface area contributed by atoms with E-state index < -0.39 is 6.10 Å². The van der Waals surface area contributed by atoms with Gasteiger partial charge in [-0.3, -0.25) is 14.4 Å². The second-order valence-corrected chi connectivity index (χ2v) is 25.9. The van der Waals surface area contributed by atoms with E-state index in [4.69, 9.17) is 14.2 Å². The van der Waals surface area contributed by atoms with Crippen LogP contribution in [-0.4, -0.2) is 37.2 Å². The number of esters is 3. The van der Waals surface area contributed by atoms with Gasteiger partial charge in [-0.15, -0.1) is 0 Å². The van der Waals surface area contributed by atoms with Crippen molar-refractivity contribution in [2.24, 2.45) is 0 Å². The van der Waals surface area contributed by atoms with Crippen LogP contribution in [0.25, 0.3) is 0 Å². The lowest BCUT2D eigenvalue weighted by atomic mass is 10.0. The standard InChI is InChI=1S/C75H146O6/c1-4-7-10-13-16-19-22-25-27-29-31-33-35-37-39-41-43-45-47-50-53-56-59-62-65-68-74(77)80-71-72(70-79-73(76)67-64-61-58-55-52-49-24-21-18-15-12-9-6-3)81-75(78)69-66-63-60-57-54-51-48-46-44-42-40-38-36-34-32-30-28-26-23-20-17-14-11-8-5-2/h72H,4-71H2,1-3H3. The van der Waals surface area contributed by atoms with E-state index in [1.165, 1.54) is 347 Å². The highest BCUT2D eigenvalue weighted by molar-refractivity contribution is 5.71. The highest BCUT2D eigenvalue weighted by Gasteiger charge is 2.20. The molecule has 0 aromatic heterocycles. The van der Waals surface area contributed by atoms with Crippen molar-refractivity contribution >= 4 is 17.9 Å². The maximum atomic E-state index is 13.0. The lowest BCUT2D eigenvalue weighted by Crippen LogP contribution is -2.30. The van der Waals surface area contributed by atoms with Crippen molar-refractivity contribution in [2.45, 2.75) is 451 Å². The molecule has 0 aliphatic heterocycles. The van der Waals surface area contributed by atoms with Crippen molar-refractivity contribution in [1.29, 1.82) is 0 Å². The summed E-state index contributed by atoms with van der Waals surface area (Å²) in [5.41, 5.74) is 0. The molecule has 6 heteroatoms. The molecule has 0 saturated carbocycles. The summed E-state index contributed by atoms with van der Waals surface area (Å²) < 4.78 is 17.0. The molecule has 0 aliphatic rings. The number of hydrogen-bond acceptors (Lipinski definition) is 6. The third-order valence-electron chi connectivity index (χ3n) is 17.6. The predicted molar refractivity (Wildman–Crippen MR) is 354 cm³/mol. The Bertz CT molecular complexity index is 1220. The molecule has 0 amide bonds. The van der Waals surface area contributed by atoms with Gasteiger partial charge >= 0.3 is 17.9 Å². The molecular weight excluding hydrogens is 997 g/mol. The molecule has 482 valence electrons. The zero-order valence-electron chi connectivity index (χ0n) is 55.6. The summed E-state index contributed by atoms with van der Waals surface area (Å²) in [5, 5.41) is 0. The summed E-state index contributed by atoms with van der Waals surface area (Å²) in [4.78, 5) is 38.5. The Labute approximate surface area is 508 Å². The molecule has 1 unspecified atom stereocenters. The van der Waals surface area contributed by atoms with Crippen molar-refractivity contribution in [1.82, 2.24) is 0 Å². The molecule has 0 fully saturated rings. The van der Waals surface area contributed by atoms with Crippen LogP contribution < -0.4 is 0 Å². The molecule has 1 atom stereocenters. The molecule has 0 saturated heterocycles. The van der Waals surface area contributed by atoms with Gasteiger partial charge in [0, 0.05) is 19.3 Å². The fourth-order valence-electron chi connectivity index (χ4n) is 12.0. The Morgan fingerprint density at radius 2 is 0.333 bits per heavy atom. The van der Waals surface area contributed by atoms with Crippen molar-refractivity contribution in [3.8, 4) is 0 Å². The van der Waals surface area contributed by atoms with Gasteiger partial charge in [-0.05, 0) is 19.3 Å². The van der Waals surface area contributed by atoms with Gasteiger partial charge in [0.15, 0.2) is 6.10 Å². The first kappa shape index (κ1) is 79.4. The Kier molecular flexibility index (Phi) is 69.5. The minimum Gasteiger partial charge on any atom is -0.462 e. The van der Waals surface area contributed by atoms with E-state index in [1.807, 2.05) is 0 Å². The maximum absolute atomic E-state index is 13.0. The van der Waals surface area contributed by atoms with Crippen LogP contribution in [0.4, 0.5) is 0 Å². The number of carbonyl (C=O) groups is 3. The van der Waals surface area contributed by atoms with Crippen LogP contribution in [0.2, 0.25) is 0 Å². The summed E-state index contributed by atoms with van der Waals surface area (Å²) in [5.74, 6) is -0.817. The van der Waals surface area contributed by atoms with Gasteiger partial charge in [0.05, 0.1) is 0 Å². The zero-order valence-corrected chi connectivity index (χ0v) is 55.6. The number of hydrogen-bond donors (Lipinski definition) is 0. The molecule has 0 radical (unpaired) electrons. The smallest absolute Gasteiger partial charge is 0.306 e. The summed E-state index contributed by atoms with van der Waals surface area (Å²) in [6.07, 6.45) is 84.4. The van der Waals surface area contributed by atoms with Crippen LogP contribution in [0, 0.1) is 0 Å². The molecule has 0 spiro atoms. The number of carbonyl (C=O) groups excluding carboxylic acids is 3. The minimum absolute atomic E-state index is 0.0600. The van der Waals surface area contributed by atoms with Gasteiger partial charge < -0.3 is 14.2 Å². The first-order valence-corrected chi connectivity index (χ1v) is 37.5. The monoisotopic (exact) mass is 1140 g/mol. The van der Waals surface area contributed by atoms with Crippen LogP contribution >= 0.6 is 0 Å². The van der Waals surface area contributed by atoms with E-state index >= 15 is 0 Å². The lowest BCUT2D eigenvalue weighted by molar-refractivity contribution is -0.167. The molecule has 6 nitrogen and oxygen atoms in total. The normalized spacial score (nSPS) is 11.9. The number of ether oxygens (including phenoxy) is 3. The zero-order chi connectivity index (χ0) is 58.5. The molecule has 0 aromatic rings. The molecule has 0 heterocycles. The number of unbranched alkanes of at least 4 members (excludes halogenated alkanes) is 60. The summed E-state index contributed by atoms with van der Waals surface area (Å²) >= 11 is 0. The van der Waals surface area contributed by atoms with Crippen LogP contribution in [0.3, 0.4) is 0 Å². The Morgan fingerprint density at radius 3 is 0.494 bits per heavy atom. The van der Waals surface area contributed by atoms with Crippen molar-refractivity contribution in [2.75, 3.05) is 13.2 Å². The average Bonchev–Trinajstić information content (AvgIpc) is 3.46. The lowest BCUT2D eigenvalue weighted by Gasteiger charge is -2.18. The summed E-state index contributed by atoms with van der Waals surface area (Å²) in [7, 11) is 0. The SMILES string of the molecule is CCCCCCCCCCCCCCCCCCCCCCCCCCCC(=O)OCC(COC(=O)CCCCCCCCCCCCCCC)OC(=O)CCCCCCCCCCCCCCCCCCCCCCCCCCC.